The summed E-state index contributed by atoms with van der Waals surface area (Å²) in [6.07, 6.45) is 0. The van der Waals surface area contributed by atoms with Gasteiger partial charge in [-0.2, -0.15) is 0 Å². The number of fused-ring (bicyclic) bond motifs is 1. The predicted molar refractivity (Wildman–Crippen MR) is 98.0 cm³/mol. The number of phenols is 1. The van der Waals surface area contributed by atoms with Crippen LogP contribution in [0.15, 0.2) is 30.3 Å². The van der Waals surface area contributed by atoms with Gasteiger partial charge in [-0.25, -0.2) is 4.98 Å². The Morgan fingerprint density at radius 3 is 2.00 bits per heavy atom. The van der Waals surface area contributed by atoms with Gasteiger partial charge >= 0.3 is 0 Å². The second kappa shape index (κ2) is 6.51. The average molecular weight is 339 g/mol. The van der Waals surface area contributed by atoms with Crippen LogP contribution in [0.25, 0.3) is 22.2 Å². The van der Waals surface area contributed by atoms with Gasteiger partial charge in [-0.3, -0.25) is 0 Å². The third kappa shape index (κ3) is 2.93. The first-order chi connectivity index (χ1) is 12.0. The number of methoxy groups -OCH3 is 3. The van der Waals surface area contributed by atoms with E-state index in [2.05, 4.69) is 0 Å². The first-order valence-electron chi connectivity index (χ1n) is 7.89. The van der Waals surface area contributed by atoms with E-state index < -0.39 is 0 Å². The number of nitrogens with zero attached hydrogens (tertiary/aromatic N) is 1. The molecule has 3 rings (SSSR count). The van der Waals surface area contributed by atoms with E-state index >= 15 is 0 Å². The van der Waals surface area contributed by atoms with E-state index in [1.54, 1.807) is 39.5 Å². The van der Waals surface area contributed by atoms with E-state index in [-0.39, 0.29) is 5.75 Å². The number of aromatic nitrogens is 1. The Hall–Kier alpha value is -2.95. The molecule has 130 valence electrons. The number of aryl methyl sites for hydroxylation is 2. The van der Waals surface area contributed by atoms with E-state index in [4.69, 9.17) is 19.2 Å². The summed E-state index contributed by atoms with van der Waals surface area (Å²) in [5, 5.41) is 11.0. The lowest BCUT2D eigenvalue weighted by molar-refractivity contribution is 0.377. The predicted octanol–water partition coefficient (Wildman–Crippen LogP) is 4.25. The van der Waals surface area contributed by atoms with Crippen molar-refractivity contribution in [2.24, 2.45) is 0 Å². The molecule has 0 saturated heterocycles. The number of phenolic OH excluding ortho intramolecular Hbond substituents is 1. The maximum Gasteiger partial charge on any atom is 0.135 e. The number of pyridine rings is 1. The van der Waals surface area contributed by atoms with Gasteiger partial charge in [-0.05, 0) is 37.1 Å². The topological polar surface area (TPSA) is 60.8 Å². The van der Waals surface area contributed by atoms with Crippen molar-refractivity contribution in [1.29, 1.82) is 0 Å². The highest BCUT2D eigenvalue weighted by Crippen LogP contribution is 2.42. The van der Waals surface area contributed by atoms with Crippen molar-refractivity contribution < 1.29 is 19.3 Å². The number of aromatic hydroxyl groups is 1. The Kier molecular flexibility index (Phi) is 4.40. The smallest absolute Gasteiger partial charge is 0.135 e. The molecule has 25 heavy (non-hydrogen) atoms. The summed E-state index contributed by atoms with van der Waals surface area (Å²) in [5.74, 6) is 2.09. The molecule has 1 heterocycles. The van der Waals surface area contributed by atoms with Crippen LogP contribution in [0.1, 0.15) is 11.1 Å². The SMILES string of the molecule is COc1cc(OC)c(-c2cc(C)c3cc(C)c(O)cc3n2)c(OC)c1. The zero-order valence-corrected chi connectivity index (χ0v) is 15.0. The van der Waals surface area contributed by atoms with Gasteiger partial charge in [0.1, 0.15) is 23.0 Å². The molecule has 0 aliphatic rings. The maximum absolute atomic E-state index is 10.0. The van der Waals surface area contributed by atoms with E-state index in [1.807, 2.05) is 26.0 Å². The molecule has 0 spiro atoms. The first kappa shape index (κ1) is 16.9. The van der Waals surface area contributed by atoms with Crippen molar-refractivity contribution in [2.45, 2.75) is 13.8 Å². The Balaban J connectivity index is 2.31. The minimum Gasteiger partial charge on any atom is -0.508 e. The van der Waals surface area contributed by atoms with Gasteiger partial charge in [-0.1, -0.05) is 0 Å². The van der Waals surface area contributed by atoms with E-state index in [9.17, 15) is 5.11 Å². The van der Waals surface area contributed by atoms with Gasteiger partial charge in [0.25, 0.3) is 0 Å². The highest BCUT2D eigenvalue weighted by Gasteiger charge is 2.18. The summed E-state index contributed by atoms with van der Waals surface area (Å²) < 4.78 is 16.4. The Morgan fingerprint density at radius 1 is 0.800 bits per heavy atom. The first-order valence-corrected chi connectivity index (χ1v) is 7.89. The van der Waals surface area contributed by atoms with Crippen LogP contribution in [0.5, 0.6) is 23.0 Å². The normalized spacial score (nSPS) is 10.8. The number of rotatable bonds is 4. The fraction of sp³-hybridized carbons (Fsp3) is 0.250. The molecule has 3 aromatic rings. The molecule has 0 saturated carbocycles. The average Bonchev–Trinajstić information content (AvgIpc) is 2.61. The van der Waals surface area contributed by atoms with Crippen LogP contribution in [0.4, 0.5) is 0 Å². The second-order valence-electron chi connectivity index (χ2n) is 5.89. The zero-order valence-electron chi connectivity index (χ0n) is 15.0. The number of benzene rings is 2. The number of ether oxygens (including phenoxy) is 3. The van der Waals surface area contributed by atoms with Crippen molar-refractivity contribution in [3.63, 3.8) is 0 Å². The third-order valence-electron chi connectivity index (χ3n) is 4.30. The maximum atomic E-state index is 10.0. The standard InChI is InChI=1S/C20H21NO4/c1-11-7-16(21-15-10-17(22)12(2)6-14(11)15)20-18(24-4)8-13(23-3)9-19(20)25-5/h6-10,22H,1-5H3. The number of hydrogen-bond donors (Lipinski definition) is 1. The molecule has 0 bridgehead atoms. The zero-order chi connectivity index (χ0) is 18.1. The monoisotopic (exact) mass is 339 g/mol. The van der Waals surface area contributed by atoms with Gasteiger partial charge in [0.2, 0.25) is 0 Å². The molecule has 5 heteroatoms. The molecule has 0 aliphatic heterocycles. The van der Waals surface area contributed by atoms with Crippen LogP contribution < -0.4 is 14.2 Å². The van der Waals surface area contributed by atoms with Crippen LogP contribution in [-0.4, -0.2) is 31.4 Å². The molecule has 1 N–H and O–H groups in total. The Bertz CT molecular complexity index is 925. The lowest BCUT2D eigenvalue weighted by atomic mass is 10.0. The quantitative estimate of drug-likeness (QED) is 0.770. The van der Waals surface area contributed by atoms with Crippen LogP contribution in [0, 0.1) is 13.8 Å². The van der Waals surface area contributed by atoms with Crippen LogP contribution in [0.2, 0.25) is 0 Å². The van der Waals surface area contributed by atoms with Gasteiger partial charge in [0.05, 0.1) is 38.1 Å². The molecular formula is C20H21NO4. The molecule has 2 aromatic carbocycles. The van der Waals surface area contributed by atoms with Gasteiger partial charge in [-0.15, -0.1) is 0 Å². The van der Waals surface area contributed by atoms with Crippen molar-refractivity contribution in [2.75, 3.05) is 21.3 Å². The Labute approximate surface area is 146 Å². The summed E-state index contributed by atoms with van der Waals surface area (Å²) in [4.78, 5) is 4.72. The Morgan fingerprint density at radius 2 is 1.44 bits per heavy atom. The van der Waals surface area contributed by atoms with E-state index in [1.165, 1.54) is 0 Å². The van der Waals surface area contributed by atoms with Gasteiger partial charge < -0.3 is 19.3 Å². The molecule has 0 atom stereocenters. The fourth-order valence-corrected chi connectivity index (χ4v) is 2.92. The summed E-state index contributed by atoms with van der Waals surface area (Å²) >= 11 is 0. The highest BCUT2D eigenvalue weighted by atomic mass is 16.5. The van der Waals surface area contributed by atoms with Gasteiger partial charge in [0.15, 0.2) is 0 Å². The van der Waals surface area contributed by atoms with E-state index in [0.717, 1.165) is 27.6 Å². The highest BCUT2D eigenvalue weighted by molar-refractivity contribution is 5.88. The van der Waals surface area contributed by atoms with Crippen molar-refractivity contribution in [1.82, 2.24) is 4.98 Å². The van der Waals surface area contributed by atoms with E-state index in [0.29, 0.717) is 22.9 Å². The van der Waals surface area contributed by atoms with Crippen molar-refractivity contribution >= 4 is 10.9 Å². The summed E-state index contributed by atoms with van der Waals surface area (Å²) in [6.45, 7) is 3.89. The van der Waals surface area contributed by atoms with Crippen LogP contribution in [0.3, 0.4) is 0 Å². The lowest BCUT2D eigenvalue weighted by Gasteiger charge is -2.16. The van der Waals surface area contributed by atoms with Crippen LogP contribution >= 0.6 is 0 Å². The second-order valence-corrected chi connectivity index (χ2v) is 5.89. The third-order valence-corrected chi connectivity index (χ3v) is 4.30. The molecule has 0 radical (unpaired) electrons. The van der Waals surface area contributed by atoms with Crippen molar-refractivity contribution in [3.05, 3.63) is 41.5 Å². The molecule has 5 nitrogen and oxygen atoms in total. The van der Waals surface area contributed by atoms with Gasteiger partial charge in [0, 0.05) is 23.6 Å². The molecule has 0 unspecified atom stereocenters. The molecule has 1 aromatic heterocycles. The summed E-state index contributed by atoms with van der Waals surface area (Å²) in [7, 11) is 4.79. The minimum atomic E-state index is 0.227. The molecule has 0 amide bonds. The van der Waals surface area contributed by atoms with Crippen molar-refractivity contribution in [3.8, 4) is 34.3 Å². The largest absolute Gasteiger partial charge is 0.508 e. The lowest BCUT2D eigenvalue weighted by Crippen LogP contribution is -1.98. The fourth-order valence-electron chi connectivity index (χ4n) is 2.92. The van der Waals surface area contributed by atoms with Crippen LogP contribution in [-0.2, 0) is 0 Å². The summed E-state index contributed by atoms with van der Waals surface area (Å²) in [6, 6.07) is 9.21. The number of hydrogen-bond acceptors (Lipinski definition) is 5. The minimum absolute atomic E-state index is 0.227. The molecule has 0 fully saturated rings. The summed E-state index contributed by atoms with van der Waals surface area (Å²) in [5.41, 5.74) is 4.06. The molecule has 0 aliphatic carbocycles. The molecular weight excluding hydrogens is 318 g/mol.